The summed E-state index contributed by atoms with van der Waals surface area (Å²) in [4.78, 5) is 14.9. The molecule has 3 atom stereocenters. The molecule has 4 nitrogen and oxygen atoms in total. The molecule has 2 N–H and O–H groups in total. The quantitative estimate of drug-likeness (QED) is 0.497. The van der Waals surface area contributed by atoms with E-state index >= 15 is 0 Å². The lowest BCUT2D eigenvalue weighted by molar-refractivity contribution is -0.0548. The van der Waals surface area contributed by atoms with Crippen molar-refractivity contribution < 1.29 is 14.4 Å². The Hall–Kier alpha value is -0.770. The monoisotopic (exact) mass is 185 g/mol. The van der Waals surface area contributed by atoms with Crippen LogP contribution in [-0.2, 0) is 9.57 Å². The molecule has 0 aliphatic heterocycles. The fraction of sp³-hybridized carbons (Fsp3) is 0.889. The van der Waals surface area contributed by atoms with Crippen molar-refractivity contribution in [3.05, 3.63) is 0 Å². The van der Waals surface area contributed by atoms with Gasteiger partial charge in [-0.1, -0.05) is 0 Å². The zero-order valence-electron chi connectivity index (χ0n) is 7.79. The van der Waals surface area contributed by atoms with Crippen molar-refractivity contribution in [1.82, 2.24) is 0 Å². The molecule has 0 aromatic heterocycles. The Morgan fingerprint density at radius 1 is 1.54 bits per heavy atom. The van der Waals surface area contributed by atoms with E-state index in [9.17, 15) is 4.79 Å². The summed E-state index contributed by atoms with van der Waals surface area (Å²) in [6, 6.07) is 0. The standard InChI is InChI=1S/C9H15NO3/c1-9(12-8(11)13-10)5-6-2-3-7(9)4-6/h6-7H,2-5,10H2,1H3. The number of nitrogens with two attached hydrogens (primary N) is 1. The van der Waals surface area contributed by atoms with E-state index < -0.39 is 6.16 Å². The third kappa shape index (κ3) is 1.39. The summed E-state index contributed by atoms with van der Waals surface area (Å²) < 4.78 is 5.20. The molecule has 0 amide bonds. The highest BCUT2D eigenvalue weighted by atomic mass is 16.8. The minimum Gasteiger partial charge on any atom is -0.426 e. The first-order chi connectivity index (χ1) is 6.14. The van der Waals surface area contributed by atoms with E-state index in [1.807, 2.05) is 6.92 Å². The normalized spacial score (nSPS) is 42.0. The van der Waals surface area contributed by atoms with Crippen molar-refractivity contribution in [2.45, 2.75) is 38.2 Å². The summed E-state index contributed by atoms with van der Waals surface area (Å²) in [6.45, 7) is 1.98. The van der Waals surface area contributed by atoms with Crippen LogP contribution >= 0.6 is 0 Å². The Bertz CT molecular complexity index is 231. The van der Waals surface area contributed by atoms with Gasteiger partial charge in [-0.25, -0.2) is 4.79 Å². The van der Waals surface area contributed by atoms with Crippen molar-refractivity contribution in [3.63, 3.8) is 0 Å². The average Bonchev–Trinajstić information content (AvgIpc) is 2.62. The summed E-state index contributed by atoms with van der Waals surface area (Å²) in [5.74, 6) is 5.98. The topological polar surface area (TPSA) is 61.5 Å². The summed E-state index contributed by atoms with van der Waals surface area (Å²) in [7, 11) is 0. The first kappa shape index (κ1) is 8.81. The lowest BCUT2D eigenvalue weighted by atomic mass is 9.86. The maximum Gasteiger partial charge on any atom is 0.528 e. The fourth-order valence-electron chi connectivity index (χ4n) is 2.89. The molecule has 13 heavy (non-hydrogen) atoms. The number of hydrogen-bond acceptors (Lipinski definition) is 4. The molecule has 2 bridgehead atoms. The van der Waals surface area contributed by atoms with E-state index in [1.165, 1.54) is 19.3 Å². The van der Waals surface area contributed by atoms with Gasteiger partial charge in [0, 0.05) is 0 Å². The highest BCUT2D eigenvalue weighted by Crippen LogP contribution is 2.52. The predicted octanol–water partition coefficient (Wildman–Crippen LogP) is 1.59. The fourth-order valence-corrected chi connectivity index (χ4v) is 2.89. The highest BCUT2D eigenvalue weighted by molar-refractivity contribution is 5.60. The molecule has 3 unspecified atom stereocenters. The summed E-state index contributed by atoms with van der Waals surface area (Å²) >= 11 is 0. The third-order valence-electron chi connectivity index (χ3n) is 3.51. The third-order valence-corrected chi connectivity index (χ3v) is 3.51. The Balaban J connectivity index is 2.01. The zero-order chi connectivity index (χ0) is 9.47. The molecule has 0 heterocycles. The molecule has 2 rings (SSSR count). The SMILES string of the molecule is CC1(OC(=O)ON)CC2CCC1C2. The van der Waals surface area contributed by atoms with Crippen LogP contribution in [0.1, 0.15) is 32.6 Å². The largest absolute Gasteiger partial charge is 0.528 e. The van der Waals surface area contributed by atoms with E-state index in [2.05, 4.69) is 4.84 Å². The second-order valence-corrected chi connectivity index (χ2v) is 4.36. The first-order valence-corrected chi connectivity index (χ1v) is 4.74. The lowest BCUT2D eigenvalue weighted by Crippen LogP contribution is -2.37. The van der Waals surface area contributed by atoms with Gasteiger partial charge in [0.25, 0.3) is 0 Å². The number of hydrogen-bond donors (Lipinski definition) is 1. The van der Waals surface area contributed by atoms with Gasteiger partial charge in [0.2, 0.25) is 0 Å². The van der Waals surface area contributed by atoms with Gasteiger partial charge in [-0.3, -0.25) is 0 Å². The highest BCUT2D eigenvalue weighted by Gasteiger charge is 2.50. The molecule has 0 spiro atoms. The maximum absolute atomic E-state index is 10.9. The molecule has 0 aromatic carbocycles. The van der Waals surface area contributed by atoms with Gasteiger partial charge in [0.1, 0.15) is 5.60 Å². The van der Waals surface area contributed by atoms with Gasteiger partial charge >= 0.3 is 6.16 Å². The smallest absolute Gasteiger partial charge is 0.426 e. The molecule has 0 radical (unpaired) electrons. The molecule has 2 aliphatic carbocycles. The number of fused-ring (bicyclic) bond motifs is 2. The summed E-state index contributed by atoms with van der Waals surface area (Å²) in [5.41, 5.74) is -0.320. The number of carbonyl (C=O) groups is 1. The summed E-state index contributed by atoms with van der Waals surface area (Å²) in [5, 5.41) is 0. The second-order valence-electron chi connectivity index (χ2n) is 4.36. The zero-order valence-corrected chi connectivity index (χ0v) is 7.79. The number of carbonyl (C=O) groups excluding carboxylic acids is 1. The van der Waals surface area contributed by atoms with Gasteiger partial charge in [-0.15, -0.1) is 0 Å². The van der Waals surface area contributed by atoms with Crippen LogP contribution in [0.15, 0.2) is 0 Å². The van der Waals surface area contributed by atoms with Crippen molar-refractivity contribution in [1.29, 1.82) is 0 Å². The molecule has 2 fully saturated rings. The molecule has 0 aromatic rings. The van der Waals surface area contributed by atoms with Gasteiger partial charge in [0.05, 0.1) is 0 Å². The van der Waals surface area contributed by atoms with Crippen LogP contribution in [0.25, 0.3) is 0 Å². The van der Waals surface area contributed by atoms with Crippen LogP contribution < -0.4 is 5.90 Å². The first-order valence-electron chi connectivity index (χ1n) is 4.74. The van der Waals surface area contributed by atoms with Gasteiger partial charge < -0.3 is 9.57 Å². The van der Waals surface area contributed by atoms with Crippen LogP contribution in [-0.4, -0.2) is 11.8 Å². The van der Waals surface area contributed by atoms with Crippen molar-refractivity contribution in [2.24, 2.45) is 17.7 Å². The van der Waals surface area contributed by atoms with Gasteiger partial charge in [-0.05, 0) is 44.4 Å². The Labute approximate surface area is 77.3 Å². The Morgan fingerprint density at radius 3 is 2.77 bits per heavy atom. The predicted molar refractivity (Wildman–Crippen MR) is 45.6 cm³/mol. The van der Waals surface area contributed by atoms with Crippen LogP contribution in [0.5, 0.6) is 0 Å². The van der Waals surface area contributed by atoms with E-state index in [4.69, 9.17) is 10.6 Å². The van der Waals surface area contributed by atoms with Crippen LogP contribution in [0.2, 0.25) is 0 Å². The molecule has 2 aliphatic rings. The average molecular weight is 185 g/mol. The molecular formula is C9H15NO3. The minimum absolute atomic E-state index is 0.320. The number of ether oxygens (including phenoxy) is 1. The summed E-state index contributed by atoms with van der Waals surface area (Å²) in [6.07, 6.45) is 3.84. The van der Waals surface area contributed by atoms with E-state index in [0.717, 1.165) is 12.3 Å². The molecule has 74 valence electrons. The van der Waals surface area contributed by atoms with Crippen LogP contribution in [0.3, 0.4) is 0 Å². The van der Waals surface area contributed by atoms with Crippen molar-refractivity contribution in [2.75, 3.05) is 0 Å². The number of rotatable bonds is 1. The van der Waals surface area contributed by atoms with E-state index in [0.29, 0.717) is 5.92 Å². The molecule has 4 heteroatoms. The van der Waals surface area contributed by atoms with Gasteiger partial charge in [0.15, 0.2) is 0 Å². The van der Waals surface area contributed by atoms with Crippen LogP contribution in [0.4, 0.5) is 4.79 Å². The molecule has 2 saturated carbocycles. The van der Waals surface area contributed by atoms with Crippen LogP contribution in [0, 0.1) is 11.8 Å². The van der Waals surface area contributed by atoms with Crippen molar-refractivity contribution in [3.8, 4) is 0 Å². The van der Waals surface area contributed by atoms with E-state index in [-0.39, 0.29) is 5.60 Å². The lowest BCUT2D eigenvalue weighted by Gasteiger charge is -2.32. The van der Waals surface area contributed by atoms with E-state index in [1.54, 1.807) is 0 Å². The second kappa shape index (κ2) is 2.87. The van der Waals surface area contributed by atoms with Crippen molar-refractivity contribution >= 4 is 6.16 Å². The Morgan fingerprint density at radius 2 is 2.31 bits per heavy atom. The maximum atomic E-state index is 10.9. The minimum atomic E-state index is -0.755. The molecular weight excluding hydrogens is 170 g/mol. The molecule has 0 saturated heterocycles. The van der Waals surface area contributed by atoms with Gasteiger partial charge in [-0.2, -0.15) is 5.90 Å². The Kier molecular flexibility index (Phi) is 1.95.